The molecule has 0 radical (unpaired) electrons. The van der Waals surface area contributed by atoms with Gasteiger partial charge in [-0.2, -0.15) is 0 Å². The van der Waals surface area contributed by atoms with Gasteiger partial charge < -0.3 is 9.29 Å². The second-order valence-corrected chi connectivity index (χ2v) is 10.1. The van der Waals surface area contributed by atoms with E-state index in [1.165, 1.54) is 43.2 Å². The minimum atomic E-state index is -1.06. The minimum Gasteiger partial charge on any atom is -0.598 e. The van der Waals surface area contributed by atoms with E-state index in [1.54, 1.807) is 7.11 Å². The third kappa shape index (κ3) is 3.13. The van der Waals surface area contributed by atoms with Crippen LogP contribution in [0.4, 0.5) is 0 Å². The van der Waals surface area contributed by atoms with Gasteiger partial charge in [-0.15, -0.1) is 4.72 Å². The van der Waals surface area contributed by atoms with E-state index in [1.807, 2.05) is 20.8 Å². The van der Waals surface area contributed by atoms with Crippen LogP contribution in [0.1, 0.15) is 70.0 Å². The van der Waals surface area contributed by atoms with Gasteiger partial charge in [0, 0.05) is 11.4 Å². The van der Waals surface area contributed by atoms with Crippen molar-refractivity contribution in [1.29, 1.82) is 0 Å². The van der Waals surface area contributed by atoms with Gasteiger partial charge in [-0.05, 0) is 62.6 Å². The maximum Gasteiger partial charge on any atom is 0.136 e. The lowest BCUT2D eigenvalue weighted by molar-refractivity contribution is 0.152. The molecule has 2 aliphatic rings. The topological polar surface area (TPSA) is 44.3 Å². The Morgan fingerprint density at radius 2 is 1.91 bits per heavy atom. The number of nitrogens with one attached hydrogen (secondary N) is 1. The molecule has 1 aromatic rings. The first-order chi connectivity index (χ1) is 10.9. The van der Waals surface area contributed by atoms with Crippen molar-refractivity contribution >= 4 is 11.4 Å². The van der Waals surface area contributed by atoms with Gasteiger partial charge in [-0.25, -0.2) is 0 Å². The van der Waals surface area contributed by atoms with E-state index in [2.05, 4.69) is 22.9 Å². The van der Waals surface area contributed by atoms with Crippen LogP contribution in [-0.4, -0.2) is 16.4 Å². The van der Waals surface area contributed by atoms with Gasteiger partial charge in [0.25, 0.3) is 0 Å². The van der Waals surface area contributed by atoms with Gasteiger partial charge in [-0.1, -0.05) is 31.4 Å². The number of ether oxygens (including phenoxy) is 1. The normalized spacial score (nSPS) is 24.5. The van der Waals surface area contributed by atoms with Crippen molar-refractivity contribution < 1.29 is 9.29 Å². The molecule has 1 aromatic carbocycles. The number of hydrogen-bond donors (Lipinski definition) is 1. The average Bonchev–Trinajstić information content (AvgIpc) is 2.80. The van der Waals surface area contributed by atoms with E-state index in [9.17, 15) is 4.55 Å². The van der Waals surface area contributed by atoms with Crippen molar-refractivity contribution in [1.82, 2.24) is 4.72 Å². The smallest absolute Gasteiger partial charge is 0.136 e. The first-order valence-electron chi connectivity index (χ1n) is 8.71. The molecule has 3 rings (SSSR count). The third-order valence-corrected chi connectivity index (χ3v) is 7.03. The van der Waals surface area contributed by atoms with Gasteiger partial charge >= 0.3 is 0 Å². The van der Waals surface area contributed by atoms with Crippen LogP contribution in [0.5, 0.6) is 5.75 Å². The lowest BCUT2D eigenvalue weighted by atomic mass is 9.69. The van der Waals surface area contributed by atoms with Crippen LogP contribution in [-0.2, 0) is 17.8 Å². The number of rotatable bonds is 3. The molecule has 1 saturated carbocycles. The Morgan fingerprint density at radius 1 is 1.22 bits per heavy atom. The molecule has 0 heterocycles. The summed E-state index contributed by atoms with van der Waals surface area (Å²) in [6, 6.07) is 6.48. The van der Waals surface area contributed by atoms with Gasteiger partial charge in [0.2, 0.25) is 0 Å². The van der Waals surface area contributed by atoms with Crippen molar-refractivity contribution in [2.24, 2.45) is 5.41 Å². The first-order valence-corrected chi connectivity index (χ1v) is 9.86. The van der Waals surface area contributed by atoms with Crippen LogP contribution in [0, 0.1) is 5.41 Å². The number of benzene rings is 1. The predicted molar refractivity (Wildman–Crippen MR) is 96.0 cm³/mol. The second-order valence-electron chi connectivity index (χ2n) is 8.06. The standard InChI is InChI=1S/C19H29NO2S/c1-18(2,3)23(21)20-17-14-9-8-10-16(22-4)15(14)13-19(17)11-6-5-7-12-19/h8-10,17,20H,5-7,11-13H2,1-4H3/t17-,23?/m1/s1. The molecular formula is C19H29NO2S. The molecule has 2 atom stereocenters. The zero-order chi connectivity index (χ0) is 16.7. The highest BCUT2D eigenvalue weighted by Crippen LogP contribution is 2.56. The van der Waals surface area contributed by atoms with Crippen molar-refractivity contribution in [3.8, 4) is 5.75 Å². The lowest BCUT2D eigenvalue weighted by Gasteiger charge is -2.40. The van der Waals surface area contributed by atoms with Crippen molar-refractivity contribution in [2.75, 3.05) is 7.11 Å². The Kier molecular flexibility index (Phi) is 4.69. The lowest BCUT2D eigenvalue weighted by Crippen LogP contribution is -2.46. The monoisotopic (exact) mass is 335 g/mol. The molecule has 1 N–H and O–H groups in total. The number of methoxy groups -OCH3 is 1. The predicted octanol–water partition coefficient (Wildman–Crippen LogP) is 4.29. The van der Waals surface area contributed by atoms with Crippen LogP contribution in [0.25, 0.3) is 0 Å². The minimum absolute atomic E-state index is 0.174. The maximum atomic E-state index is 12.8. The Balaban J connectivity index is 1.98. The molecule has 0 amide bonds. The fourth-order valence-corrected chi connectivity index (χ4v) is 5.16. The van der Waals surface area contributed by atoms with Crippen LogP contribution in [0.3, 0.4) is 0 Å². The summed E-state index contributed by atoms with van der Waals surface area (Å²) in [5.74, 6) is 0.985. The third-order valence-electron chi connectivity index (χ3n) is 5.47. The average molecular weight is 336 g/mol. The molecule has 0 aromatic heterocycles. The zero-order valence-electron chi connectivity index (χ0n) is 14.8. The molecule has 0 saturated heterocycles. The van der Waals surface area contributed by atoms with Crippen LogP contribution in [0.15, 0.2) is 18.2 Å². The van der Waals surface area contributed by atoms with Crippen LogP contribution < -0.4 is 9.46 Å². The van der Waals surface area contributed by atoms with Gasteiger partial charge in [0.15, 0.2) is 0 Å². The summed E-state index contributed by atoms with van der Waals surface area (Å²) >= 11 is -1.06. The largest absolute Gasteiger partial charge is 0.598 e. The van der Waals surface area contributed by atoms with Crippen LogP contribution >= 0.6 is 0 Å². The summed E-state index contributed by atoms with van der Waals surface area (Å²) < 4.78 is 21.6. The summed E-state index contributed by atoms with van der Waals surface area (Å²) in [4.78, 5) is 0. The summed E-state index contributed by atoms with van der Waals surface area (Å²) in [6.45, 7) is 6.10. The van der Waals surface area contributed by atoms with Crippen molar-refractivity contribution in [3.05, 3.63) is 29.3 Å². The van der Waals surface area contributed by atoms with E-state index in [0.29, 0.717) is 0 Å². The van der Waals surface area contributed by atoms with E-state index in [-0.39, 0.29) is 16.2 Å². The summed E-state index contributed by atoms with van der Waals surface area (Å²) in [5, 5.41) is 0. The highest BCUT2D eigenvalue weighted by atomic mass is 32.2. The number of fused-ring (bicyclic) bond motifs is 1. The Labute approximate surface area is 143 Å². The van der Waals surface area contributed by atoms with Crippen LogP contribution in [0.2, 0.25) is 0 Å². The molecule has 2 aliphatic carbocycles. The molecule has 23 heavy (non-hydrogen) atoms. The summed E-state index contributed by atoms with van der Waals surface area (Å²) in [7, 11) is 1.75. The molecule has 0 bridgehead atoms. The molecule has 0 aliphatic heterocycles. The second kappa shape index (κ2) is 6.30. The Hall–Kier alpha value is -0.710. The number of hydrogen-bond acceptors (Lipinski definition) is 3. The van der Waals surface area contributed by atoms with Gasteiger partial charge in [0.05, 0.1) is 13.2 Å². The molecular weight excluding hydrogens is 306 g/mol. The maximum absolute atomic E-state index is 12.8. The zero-order valence-corrected chi connectivity index (χ0v) is 15.6. The molecule has 128 valence electrons. The fraction of sp³-hybridized carbons (Fsp3) is 0.684. The van der Waals surface area contributed by atoms with Crippen molar-refractivity contribution in [3.63, 3.8) is 0 Å². The van der Waals surface area contributed by atoms with E-state index < -0.39 is 11.4 Å². The Bertz CT molecular complexity index is 561. The Morgan fingerprint density at radius 3 is 2.52 bits per heavy atom. The molecule has 4 heteroatoms. The quantitative estimate of drug-likeness (QED) is 0.838. The SMILES string of the molecule is COc1cccc2c1CC1(CCCCC1)[C@@H]2N[S+]([O-])C(C)(C)C. The van der Waals surface area contributed by atoms with Crippen molar-refractivity contribution in [2.45, 2.75) is 70.1 Å². The molecule has 1 spiro atoms. The first kappa shape index (κ1) is 17.1. The molecule has 1 unspecified atom stereocenters. The molecule has 3 nitrogen and oxygen atoms in total. The van der Waals surface area contributed by atoms with E-state index >= 15 is 0 Å². The van der Waals surface area contributed by atoms with E-state index in [4.69, 9.17) is 4.74 Å². The van der Waals surface area contributed by atoms with Gasteiger partial charge in [-0.3, -0.25) is 0 Å². The molecule has 1 fully saturated rings. The fourth-order valence-electron chi connectivity index (χ4n) is 4.21. The highest BCUT2D eigenvalue weighted by molar-refractivity contribution is 7.90. The van der Waals surface area contributed by atoms with E-state index in [0.717, 1.165) is 12.2 Å². The summed E-state index contributed by atoms with van der Waals surface area (Å²) in [6.07, 6.45) is 7.34. The van der Waals surface area contributed by atoms with Gasteiger partial charge in [0.1, 0.15) is 10.5 Å². The highest BCUT2D eigenvalue weighted by Gasteiger charge is 2.50. The summed E-state index contributed by atoms with van der Waals surface area (Å²) in [5.41, 5.74) is 2.82.